The normalized spacial score (nSPS) is 13.6. The molecule has 0 radical (unpaired) electrons. The third-order valence-corrected chi connectivity index (χ3v) is 15.0. The number of hydrogen-bond acceptors (Lipinski definition) is 17. The number of nitro groups is 1. The molecule has 522 valence electrons. The highest BCUT2D eigenvalue weighted by Crippen LogP contribution is 2.27. The fourth-order valence-corrected chi connectivity index (χ4v) is 9.97. The number of para-hydroxylation sites is 1. The summed E-state index contributed by atoms with van der Waals surface area (Å²) in [5, 5.41) is 83.5. The van der Waals surface area contributed by atoms with E-state index in [1.165, 1.54) is 31.2 Å². The molecule has 0 aliphatic rings. The molecule has 0 spiro atoms. The summed E-state index contributed by atoms with van der Waals surface area (Å²) in [6.45, 7) is 4.75. The molecule has 5 aromatic carbocycles. The molecule has 0 aliphatic heterocycles. The van der Waals surface area contributed by atoms with Crippen LogP contribution in [0.25, 0.3) is 0 Å². The summed E-state index contributed by atoms with van der Waals surface area (Å²) in [6, 6.07) is 18.9. The van der Waals surface area contributed by atoms with Crippen molar-refractivity contribution in [1.82, 2.24) is 53.2 Å². The molecule has 0 saturated carbocycles. The first-order valence-corrected chi connectivity index (χ1v) is 30.9. The zero-order chi connectivity index (χ0) is 72.2. The van der Waals surface area contributed by atoms with E-state index in [1.54, 1.807) is 111 Å². The minimum atomic E-state index is -2.02. The number of benzene rings is 5. The highest BCUT2D eigenvalue weighted by molar-refractivity contribution is 6.03. The van der Waals surface area contributed by atoms with Crippen molar-refractivity contribution in [3.8, 4) is 5.75 Å². The number of hydrogen-bond donors (Lipinski definition) is 17. The Labute approximate surface area is 561 Å². The Kier molecular flexibility index (Phi) is 29.6. The van der Waals surface area contributed by atoms with Crippen LogP contribution in [0.1, 0.15) is 85.5 Å². The van der Waals surface area contributed by atoms with Crippen LogP contribution in [-0.2, 0) is 78.4 Å². The lowest BCUT2D eigenvalue weighted by Gasteiger charge is -2.28. The number of aromatic hydroxyl groups is 1. The molecular weight excluding hydrogens is 1280 g/mol. The van der Waals surface area contributed by atoms with Crippen molar-refractivity contribution in [2.75, 3.05) is 12.3 Å². The number of nitro benzene ring substituents is 1. The topological polar surface area (TPSA) is 525 Å². The van der Waals surface area contributed by atoms with Crippen molar-refractivity contribution in [1.29, 1.82) is 5.41 Å². The van der Waals surface area contributed by atoms with E-state index in [1.807, 2.05) is 5.32 Å². The Hall–Kier alpha value is -12.0. The summed E-state index contributed by atoms with van der Waals surface area (Å²) in [5.74, 6) is -15.4. The Morgan fingerprint density at radius 3 is 1.32 bits per heavy atom. The number of nitrogens with zero attached hydrogens (tertiary/aromatic N) is 1. The Balaban J connectivity index is 1.41. The molecule has 0 aliphatic carbocycles. The molecule has 19 N–H and O–H groups in total. The predicted molar refractivity (Wildman–Crippen MR) is 353 cm³/mol. The van der Waals surface area contributed by atoms with Gasteiger partial charge in [0.2, 0.25) is 47.3 Å². The van der Waals surface area contributed by atoms with E-state index in [-0.39, 0.29) is 67.8 Å². The number of anilines is 1. The molecule has 0 heterocycles. The van der Waals surface area contributed by atoms with Crippen LogP contribution in [0.2, 0.25) is 0 Å². The fraction of sp³-hybridized carbons (Fsp3) is 0.348. The number of guanidine groups is 1. The quantitative estimate of drug-likeness (QED) is 0.00626. The van der Waals surface area contributed by atoms with Gasteiger partial charge in [-0.3, -0.25) is 68.3 Å². The number of nitrogens with two attached hydrogens (primary N) is 2. The lowest BCUT2D eigenvalue weighted by atomic mass is 9.99. The average molecular weight is 1360 g/mol. The molecule has 0 unspecified atom stereocenters. The molecule has 5 rings (SSSR count). The molecule has 32 heteroatoms. The zero-order valence-corrected chi connectivity index (χ0v) is 53.7. The largest absolute Gasteiger partial charge is 0.502 e. The van der Waals surface area contributed by atoms with Gasteiger partial charge in [0.05, 0.1) is 23.3 Å². The third-order valence-electron chi connectivity index (χ3n) is 15.0. The number of carbonyl (C=O) groups excluding carboxylic acids is 9. The molecule has 9 atom stereocenters. The first-order valence-electron chi connectivity index (χ1n) is 30.9. The van der Waals surface area contributed by atoms with Crippen LogP contribution in [0.5, 0.6) is 5.75 Å². The number of nitrogen functional groups attached to an aromatic ring is 1. The van der Waals surface area contributed by atoms with Gasteiger partial charge in [0.15, 0.2) is 11.7 Å². The van der Waals surface area contributed by atoms with Crippen molar-refractivity contribution in [2.45, 2.75) is 133 Å². The number of carbonyl (C=O) groups is 12. The number of aliphatic carboxylic acids is 3. The van der Waals surface area contributed by atoms with Gasteiger partial charge < -0.3 is 85.1 Å². The Bertz CT molecular complexity index is 3680. The van der Waals surface area contributed by atoms with Gasteiger partial charge in [0.1, 0.15) is 54.4 Å². The summed E-state index contributed by atoms with van der Waals surface area (Å²) >= 11 is 0. The second kappa shape index (κ2) is 37.8. The number of carboxylic acids is 3. The Morgan fingerprint density at radius 2 is 0.867 bits per heavy atom. The van der Waals surface area contributed by atoms with E-state index in [4.69, 9.17) is 16.9 Å². The number of amides is 9. The zero-order valence-electron chi connectivity index (χ0n) is 53.7. The van der Waals surface area contributed by atoms with Gasteiger partial charge in [-0.2, -0.15) is 0 Å². The van der Waals surface area contributed by atoms with Gasteiger partial charge in [-0.15, -0.1) is 0 Å². The van der Waals surface area contributed by atoms with Crippen LogP contribution in [0.15, 0.2) is 133 Å². The van der Waals surface area contributed by atoms with Crippen molar-refractivity contribution in [2.24, 2.45) is 11.7 Å². The standard InChI is InChI=1S/C66H80N14O18/c1-36(2)28-45(75-58(88)44(24-15-27-70-66(68)69)72-61(91)48(31-40-20-11-6-12-21-40)77-64(94)50(34-54(82)83)74-57(87)42-22-13-14-23-43(42)67)60(90)76-46(29-38-16-7-4-8-17-38)59(89)71-37(3)56(86)73-47(30-39-18-9-5-10-19-39)62(92)78-49(63(93)79-51(65(95)96)35-55(84)85)32-41-25-26-53(81)52(33-41)80(97)98/h4-14,16-23,25-26,33,36-37,44-51,81H,15,24,27-32,34-35,67H2,1-3H3,(H,71,89)(H,72,91)(H,73,86)(H,74,87)(H,75,88)(H,76,90)(H,77,94)(H,78,92)(H,79,93)(H,82,83)(H,84,85)(H,95,96)(H4,68,69,70)/t37-,44-,45-,46-,47-,48-,49-,50-,51-/m0/s1. The van der Waals surface area contributed by atoms with E-state index in [9.17, 15) is 88.1 Å². The molecule has 0 aromatic heterocycles. The summed E-state index contributed by atoms with van der Waals surface area (Å²) in [5.41, 5.74) is 12.1. The van der Waals surface area contributed by atoms with E-state index in [0.717, 1.165) is 12.1 Å². The summed E-state index contributed by atoms with van der Waals surface area (Å²) < 4.78 is 0. The van der Waals surface area contributed by atoms with E-state index >= 15 is 0 Å². The van der Waals surface area contributed by atoms with Crippen molar-refractivity contribution in [3.63, 3.8) is 0 Å². The summed E-state index contributed by atoms with van der Waals surface area (Å²) in [4.78, 5) is 175. The maximum absolute atomic E-state index is 14.7. The smallest absolute Gasteiger partial charge is 0.326 e. The van der Waals surface area contributed by atoms with Gasteiger partial charge in [-0.05, 0) is 72.6 Å². The van der Waals surface area contributed by atoms with Gasteiger partial charge in [0, 0.05) is 44.0 Å². The first-order chi connectivity index (χ1) is 46.5. The minimum absolute atomic E-state index is 0.0244. The molecular formula is C66H80N14O18. The minimum Gasteiger partial charge on any atom is -0.502 e. The van der Waals surface area contributed by atoms with Gasteiger partial charge in [0.25, 0.3) is 5.91 Å². The number of nitrogens with one attached hydrogen (secondary N) is 11. The van der Waals surface area contributed by atoms with E-state index < -0.39 is 167 Å². The summed E-state index contributed by atoms with van der Waals surface area (Å²) in [6.07, 6.45) is -3.49. The second-order valence-electron chi connectivity index (χ2n) is 23.3. The van der Waals surface area contributed by atoms with E-state index in [0.29, 0.717) is 16.7 Å². The van der Waals surface area contributed by atoms with Gasteiger partial charge in [-0.1, -0.05) is 123 Å². The molecule has 98 heavy (non-hydrogen) atoms. The number of phenols is 1. The molecule has 0 fully saturated rings. The van der Waals surface area contributed by atoms with Crippen LogP contribution in [0, 0.1) is 21.4 Å². The van der Waals surface area contributed by atoms with Gasteiger partial charge >= 0.3 is 23.6 Å². The lowest BCUT2D eigenvalue weighted by Crippen LogP contribution is -2.61. The van der Waals surface area contributed by atoms with Crippen LogP contribution in [0.3, 0.4) is 0 Å². The summed E-state index contributed by atoms with van der Waals surface area (Å²) in [7, 11) is 0. The number of rotatable bonds is 38. The van der Waals surface area contributed by atoms with Crippen molar-refractivity contribution >= 4 is 88.4 Å². The van der Waals surface area contributed by atoms with Crippen molar-refractivity contribution < 1.29 is 82.9 Å². The van der Waals surface area contributed by atoms with Crippen LogP contribution >= 0.6 is 0 Å². The molecule has 32 nitrogen and oxygen atoms in total. The number of phenolic OH excluding ortho intramolecular Hbond substituents is 1. The first kappa shape index (κ1) is 76.7. The Morgan fingerprint density at radius 1 is 0.480 bits per heavy atom. The maximum atomic E-state index is 14.7. The third kappa shape index (κ3) is 25.4. The fourth-order valence-electron chi connectivity index (χ4n) is 9.97. The molecule has 0 bridgehead atoms. The van der Waals surface area contributed by atoms with Crippen LogP contribution in [0.4, 0.5) is 11.4 Å². The second-order valence-corrected chi connectivity index (χ2v) is 23.3. The highest BCUT2D eigenvalue weighted by atomic mass is 16.6. The molecule has 9 amide bonds. The SMILES string of the molecule is CC(C)C[C@H](NC(=O)[C@H](CCCNC(=N)N)NC(=O)[C@H](Cc1ccccc1)NC(=O)[C@H](CC(=O)O)NC(=O)c1ccccc1N)C(=O)N[C@@H](Cc1ccccc1)C(=O)N[C@@H](C)C(=O)N[C@@H](Cc1ccccc1)C(=O)N[C@@H](Cc1ccc(O)c([N+](=O)[O-])c1)C(=O)N[C@@H](CC(=O)O)C(=O)O. The van der Waals surface area contributed by atoms with Crippen LogP contribution in [-0.4, -0.2) is 163 Å². The average Bonchev–Trinajstić information content (AvgIpc) is 0.854. The molecule has 5 aromatic rings. The van der Waals surface area contributed by atoms with Gasteiger partial charge in [-0.25, -0.2) is 4.79 Å². The maximum Gasteiger partial charge on any atom is 0.326 e. The van der Waals surface area contributed by atoms with Crippen LogP contribution < -0.4 is 64.6 Å². The number of carboxylic acid groups (broad SMARTS) is 3. The van der Waals surface area contributed by atoms with Crippen molar-refractivity contribution in [3.05, 3.63) is 171 Å². The lowest BCUT2D eigenvalue weighted by molar-refractivity contribution is -0.385. The molecule has 0 saturated heterocycles. The predicted octanol–water partition coefficient (Wildman–Crippen LogP) is 0.193. The van der Waals surface area contributed by atoms with E-state index in [2.05, 4.69) is 47.9 Å². The highest BCUT2D eigenvalue weighted by Gasteiger charge is 2.37. The monoisotopic (exact) mass is 1360 g/mol.